The first-order valence-corrected chi connectivity index (χ1v) is 12.2. The van der Waals surface area contributed by atoms with E-state index in [2.05, 4.69) is 37.9 Å². The Morgan fingerprint density at radius 3 is 1.54 bits per heavy atom. The quantitative estimate of drug-likeness (QED) is 0.219. The summed E-state index contributed by atoms with van der Waals surface area (Å²) in [6, 6.07) is 0. The average Bonchev–Trinajstić information content (AvgIpc) is 2.65. The van der Waals surface area contributed by atoms with Crippen molar-refractivity contribution in [3.8, 4) is 0 Å². The standard InChI is InChI=1S/C24H52N2/c1-5-8-10-12-14-16-18-21-26(20-17-15-13-11-9-6-2)22-19-24(4)23-25-7-3/h24-25H,5-23H2,1-4H3. The minimum absolute atomic E-state index is 0.802. The predicted molar refractivity (Wildman–Crippen MR) is 120 cm³/mol. The Labute approximate surface area is 166 Å². The molecule has 0 fully saturated rings. The Morgan fingerprint density at radius 2 is 1.08 bits per heavy atom. The minimum Gasteiger partial charge on any atom is -0.317 e. The molecule has 0 amide bonds. The van der Waals surface area contributed by atoms with Crippen molar-refractivity contribution in [3.05, 3.63) is 0 Å². The van der Waals surface area contributed by atoms with Crippen molar-refractivity contribution >= 4 is 0 Å². The van der Waals surface area contributed by atoms with Gasteiger partial charge in [0.25, 0.3) is 0 Å². The van der Waals surface area contributed by atoms with Gasteiger partial charge in [-0.05, 0) is 57.9 Å². The molecule has 158 valence electrons. The molecule has 0 aliphatic heterocycles. The minimum atomic E-state index is 0.802. The number of unbranched alkanes of at least 4 members (excludes halogenated alkanes) is 11. The number of hydrogen-bond donors (Lipinski definition) is 1. The number of nitrogens with zero attached hydrogens (tertiary/aromatic N) is 1. The van der Waals surface area contributed by atoms with E-state index in [1.807, 2.05) is 0 Å². The van der Waals surface area contributed by atoms with E-state index in [4.69, 9.17) is 0 Å². The monoisotopic (exact) mass is 368 g/mol. The molecule has 1 N–H and O–H groups in total. The zero-order chi connectivity index (χ0) is 19.3. The molecule has 0 rings (SSSR count). The summed E-state index contributed by atoms with van der Waals surface area (Å²) in [7, 11) is 0. The molecular formula is C24H52N2. The molecule has 2 heteroatoms. The van der Waals surface area contributed by atoms with Gasteiger partial charge < -0.3 is 10.2 Å². The van der Waals surface area contributed by atoms with Gasteiger partial charge in [-0.1, -0.05) is 98.3 Å². The van der Waals surface area contributed by atoms with Crippen LogP contribution in [0.4, 0.5) is 0 Å². The molecule has 0 aromatic carbocycles. The van der Waals surface area contributed by atoms with Gasteiger partial charge in [0.05, 0.1) is 0 Å². The highest BCUT2D eigenvalue weighted by atomic mass is 15.1. The predicted octanol–water partition coefficient (Wildman–Crippen LogP) is 7.04. The first-order valence-electron chi connectivity index (χ1n) is 12.2. The van der Waals surface area contributed by atoms with E-state index in [9.17, 15) is 0 Å². The lowest BCUT2D eigenvalue weighted by Crippen LogP contribution is -2.30. The molecule has 0 bridgehead atoms. The summed E-state index contributed by atoms with van der Waals surface area (Å²) >= 11 is 0. The van der Waals surface area contributed by atoms with E-state index in [-0.39, 0.29) is 0 Å². The molecule has 0 aromatic rings. The third kappa shape index (κ3) is 18.7. The Kier molecular flexibility index (Phi) is 21.2. The van der Waals surface area contributed by atoms with Crippen LogP contribution < -0.4 is 5.32 Å². The molecule has 2 nitrogen and oxygen atoms in total. The molecule has 0 spiro atoms. The molecule has 1 atom stereocenters. The summed E-state index contributed by atoms with van der Waals surface area (Å²) in [4.78, 5) is 2.77. The normalized spacial score (nSPS) is 12.8. The molecular weight excluding hydrogens is 316 g/mol. The second kappa shape index (κ2) is 21.2. The fraction of sp³-hybridized carbons (Fsp3) is 1.00. The van der Waals surface area contributed by atoms with Crippen LogP contribution in [-0.2, 0) is 0 Å². The Bertz CT molecular complexity index is 255. The van der Waals surface area contributed by atoms with Crippen LogP contribution in [0, 0.1) is 5.92 Å². The van der Waals surface area contributed by atoms with Crippen LogP contribution in [0.5, 0.6) is 0 Å². The summed E-state index contributed by atoms with van der Waals surface area (Å²) in [5.74, 6) is 0.802. The van der Waals surface area contributed by atoms with Crippen LogP contribution in [0.1, 0.15) is 118 Å². The van der Waals surface area contributed by atoms with Gasteiger partial charge in [-0.15, -0.1) is 0 Å². The van der Waals surface area contributed by atoms with Crippen LogP contribution in [0.25, 0.3) is 0 Å². The first kappa shape index (κ1) is 25.9. The van der Waals surface area contributed by atoms with E-state index >= 15 is 0 Å². The SMILES string of the molecule is CCCCCCCCCN(CCCCCCCC)CCC(C)CNCC. The van der Waals surface area contributed by atoms with E-state index in [1.165, 1.54) is 116 Å². The van der Waals surface area contributed by atoms with Crippen molar-refractivity contribution in [2.45, 2.75) is 118 Å². The third-order valence-electron chi connectivity index (χ3n) is 5.59. The highest BCUT2D eigenvalue weighted by Gasteiger charge is 2.08. The number of rotatable bonds is 21. The Balaban J connectivity index is 3.91. The van der Waals surface area contributed by atoms with E-state index in [1.54, 1.807) is 0 Å². The van der Waals surface area contributed by atoms with Crippen LogP contribution >= 0.6 is 0 Å². The maximum absolute atomic E-state index is 3.50. The van der Waals surface area contributed by atoms with E-state index in [0.29, 0.717) is 0 Å². The molecule has 0 aliphatic rings. The topological polar surface area (TPSA) is 15.3 Å². The lowest BCUT2D eigenvalue weighted by atomic mass is 10.1. The number of nitrogens with one attached hydrogen (secondary N) is 1. The molecule has 0 saturated heterocycles. The van der Waals surface area contributed by atoms with Crippen LogP contribution in [0.2, 0.25) is 0 Å². The van der Waals surface area contributed by atoms with Gasteiger partial charge in [0.15, 0.2) is 0 Å². The van der Waals surface area contributed by atoms with Crippen LogP contribution in [0.3, 0.4) is 0 Å². The molecule has 0 aliphatic carbocycles. The van der Waals surface area contributed by atoms with Crippen molar-refractivity contribution in [2.75, 3.05) is 32.7 Å². The van der Waals surface area contributed by atoms with Gasteiger partial charge in [-0.2, -0.15) is 0 Å². The number of hydrogen-bond acceptors (Lipinski definition) is 2. The zero-order valence-corrected chi connectivity index (χ0v) is 19.0. The van der Waals surface area contributed by atoms with Gasteiger partial charge in [0, 0.05) is 0 Å². The Hall–Kier alpha value is -0.0800. The van der Waals surface area contributed by atoms with Crippen molar-refractivity contribution in [3.63, 3.8) is 0 Å². The lowest BCUT2D eigenvalue weighted by molar-refractivity contribution is 0.242. The summed E-state index contributed by atoms with van der Waals surface area (Å²) in [5, 5.41) is 3.50. The molecule has 0 saturated carbocycles. The summed E-state index contributed by atoms with van der Waals surface area (Å²) in [5.41, 5.74) is 0. The largest absolute Gasteiger partial charge is 0.317 e. The van der Waals surface area contributed by atoms with E-state index < -0.39 is 0 Å². The highest BCUT2D eigenvalue weighted by molar-refractivity contribution is 4.64. The fourth-order valence-corrected chi connectivity index (χ4v) is 3.64. The zero-order valence-electron chi connectivity index (χ0n) is 19.0. The van der Waals surface area contributed by atoms with Gasteiger partial charge >= 0.3 is 0 Å². The Morgan fingerprint density at radius 1 is 0.615 bits per heavy atom. The van der Waals surface area contributed by atoms with Crippen molar-refractivity contribution in [1.29, 1.82) is 0 Å². The van der Waals surface area contributed by atoms with Crippen molar-refractivity contribution in [2.24, 2.45) is 5.92 Å². The van der Waals surface area contributed by atoms with Crippen LogP contribution in [-0.4, -0.2) is 37.6 Å². The molecule has 0 aromatic heterocycles. The second-order valence-corrected chi connectivity index (χ2v) is 8.43. The van der Waals surface area contributed by atoms with Gasteiger partial charge in [-0.3, -0.25) is 0 Å². The summed E-state index contributed by atoms with van der Waals surface area (Å²) < 4.78 is 0. The van der Waals surface area contributed by atoms with E-state index in [0.717, 1.165) is 12.5 Å². The third-order valence-corrected chi connectivity index (χ3v) is 5.59. The maximum atomic E-state index is 3.50. The first-order chi connectivity index (χ1) is 12.7. The molecule has 1 unspecified atom stereocenters. The van der Waals surface area contributed by atoms with Crippen molar-refractivity contribution < 1.29 is 0 Å². The second-order valence-electron chi connectivity index (χ2n) is 8.43. The smallest absolute Gasteiger partial charge is 0.00157 e. The van der Waals surface area contributed by atoms with Gasteiger partial charge in [0.1, 0.15) is 0 Å². The van der Waals surface area contributed by atoms with Crippen LogP contribution in [0.15, 0.2) is 0 Å². The molecule has 0 radical (unpaired) electrons. The molecule has 0 heterocycles. The maximum Gasteiger partial charge on any atom is -0.00157 e. The lowest BCUT2D eigenvalue weighted by Gasteiger charge is -2.24. The van der Waals surface area contributed by atoms with Gasteiger partial charge in [0.2, 0.25) is 0 Å². The van der Waals surface area contributed by atoms with Crippen molar-refractivity contribution in [1.82, 2.24) is 10.2 Å². The average molecular weight is 369 g/mol. The fourth-order valence-electron chi connectivity index (χ4n) is 3.64. The van der Waals surface area contributed by atoms with Gasteiger partial charge in [-0.25, -0.2) is 0 Å². The highest BCUT2D eigenvalue weighted by Crippen LogP contribution is 2.11. The summed E-state index contributed by atoms with van der Waals surface area (Å²) in [6.07, 6.45) is 19.8. The summed E-state index contributed by atoms with van der Waals surface area (Å²) in [6.45, 7) is 15.5. The molecule has 26 heavy (non-hydrogen) atoms.